The summed E-state index contributed by atoms with van der Waals surface area (Å²) in [7, 11) is -0.810. The smallest absolute Gasteiger partial charge is 0.262 e. The summed E-state index contributed by atoms with van der Waals surface area (Å²) < 4.78 is 41.0. The van der Waals surface area contributed by atoms with Crippen LogP contribution in [0.1, 0.15) is 33.2 Å². The van der Waals surface area contributed by atoms with Crippen LogP contribution in [0, 0.1) is 6.92 Å². The summed E-state index contributed by atoms with van der Waals surface area (Å²) >= 11 is 0. The van der Waals surface area contributed by atoms with Gasteiger partial charge in [-0.05, 0) is 73.2 Å². The molecule has 6 rings (SSSR count). The van der Waals surface area contributed by atoms with Crippen LogP contribution in [0.15, 0.2) is 126 Å². The molecular weight excluding hydrogens is 586 g/mol. The van der Waals surface area contributed by atoms with Gasteiger partial charge < -0.3 is 14.4 Å². The van der Waals surface area contributed by atoms with Crippen LogP contribution in [-0.4, -0.2) is 28.5 Å². The van der Waals surface area contributed by atoms with E-state index in [1.165, 1.54) is 6.07 Å². The molecule has 9 heteroatoms. The van der Waals surface area contributed by atoms with Gasteiger partial charge in [-0.2, -0.15) is 0 Å². The molecule has 5 aromatic carbocycles. The van der Waals surface area contributed by atoms with Crippen LogP contribution in [0.2, 0.25) is 0 Å². The number of amides is 1. The van der Waals surface area contributed by atoms with Gasteiger partial charge in [0.2, 0.25) is 0 Å². The lowest BCUT2D eigenvalue weighted by Gasteiger charge is -2.46. The number of fused-ring (bicyclic) bond motifs is 1. The van der Waals surface area contributed by atoms with Gasteiger partial charge in [0.15, 0.2) is 0 Å². The molecule has 0 aliphatic carbocycles. The molecule has 1 N–H and O–H groups in total. The van der Waals surface area contributed by atoms with Crippen molar-refractivity contribution in [3.8, 4) is 11.5 Å². The van der Waals surface area contributed by atoms with E-state index in [0.29, 0.717) is 35.1 Å². The van der Waals surface area contributed by atoms with Crippen molar-refractivity contribution in [2.24, 2.45) is 0 Å². The summed E-state index contributed by atoms with van der Waals surface area (Å²) in [5, 5.41) is 0. The van der Waals surface area contributed by atoms with Crippen molar-refractivity contribution in [1.82, 2.24) is 0 Å². The number of ether oxygens (including phenoxy) is 2. The van der Waals surface area contributed by atoms with Crippen LogP contribution in [0.3, 0.4) is 0 Å². The molecule has 45 heavy (non-hydrogen) atoms. The van der Waals surface area contributed by atoms with Crippen molar-refractivity contribution in [3.63, 3.8) is 0 Å². The van der Waals surface area contributed by atoms with Crippen molar-refractivity contribution < 1.29 is 22.7 Å². The van der Waals surface area contributed by atoms with Gasteiger partial charge in [0, 0.05) is 23.5 Å². The Balaban J connectivity index is 1.54. The van der Waals surface area contributed by atoms with Crippen LogP contribution in [0.4, 0.5) is 17.1 Å². The molecule has 0 fully saturated rings. The first-order valence-electron chi connectivity index (χ1n) is 14.4. The number of hydrogen-bond acceptors (Lipinski definition) is 6. The number of para-hydroxylation sites is 1. The van der Waals surface area contributed by atoms with Crippen LogP contribution in [0.5, 0.6) is 11.5 Å². The number of benzene rings is 5. The number of rotatable bonds is 9. The van der Waals surface area contributed by atoms with E-state index in [1.807, 2.05) is 85.8 Å². The van der Waals surface area contributed by atoms with Gasteiger partial charge in [-0.3, -0.25) is 14.4 Å². The standard InChI is InChI=1S/C36H33N3O5S/c1-25-13-15-27(16-14-25)37-45(41,42)30-21-22-33-32(23-30)36(40)39(28-17-19-29(43-2)20-18-28)35(31-11-7-8-12-34(31)44-3)38(33)24-26-9-5-4-6-10-26/h4-23,35,37H,24H2,1-3H3/t35-/m0/s1. The maximum atomic E-state index is 14.6. The Morgan fingerprint density at radius 3 is 2.16 bits per heavy atom. The number of sulfonamides is 1. The fourth-order valence-corrected chi connectivity index (χ4v) is 6.68. The Hall–Kier alpha value is -5.28. The Bertz CT molecular complexity index is 1930. The van der Waals surface area contributed by atoms with Gasteiger partial charge in [0.25, 0.3) is 15.9 Å². The fraction of sp³-hybridized carbons (Fsp3) is 0.139. The number of anilines is 3. The minimum absolute atomic E-state index is 0.0136. The topological polar surface area (TPSA) is 88.2 Å². The molecule has 1 aliphatic heterocycles. The monoisotopic (exact) mass is 619 g/mol. The zero-order valence-electron chi connectivity index (χ0n) is 25.2. The van der Waals surface area contributed by atoms with Gasteiger partial charge in [-0.1, -0.05) is 66.2 Å². The highest BCUT2D eigenvalue weighted by Crippen LogP contribution is 2.45. The predicted octanol–water partition coefficient (Wildman–Crippen LogP) is 7.18. The molecule has 228 valence electrons. The van der Waals surface area contributed by atoms with Crippen LogP contribution < -0.4 is 24.0 Å². The molecule has 0 radical (unpaired) electrons. The van der Waals surface area contributed by atoms with E-state index in [-0.39, 0.29) is 16.4 Å². The van der Waals surface area contributed by atoms with Gasteiger partial charge >= 0.3 is 0 Å². The molecule has 8 nitrogen and oxygen atoms in total. The molecule has 1 atom stereocenters. The lowest BCUT2D eigenvalue weighted by Crippen LogP contribution is -2.49. The van der Waals surface area contributed by atoms with Gasteiger partial charge in [-0.25, -0.2) is 8.42 Å². The summed E-state index contributed by atoms with van der Waals surface area (Å²) in [5.41, 5.74) is 4.74. The predicted molar refractivity (Wildman–Crippen MR) is 177 cm³/mol. The first kappa shape index (κ1) is 29.8. The highest BCUT2D eigenvalue weighted by molar-refractivity contribution is 7.92. The van der Waals surface area contributed by atoms with E-state index >= 15 is 0 Å². The second-order valence-corrected chi connectivity index (χ2v) is 12.4. The van der Waals surface area contributed by atoms with Crippen molar-refractivity contribution in [2.75, 3.05) is 28.7 Å². The molecule has 1 aliphatic rings. The average molecular weight is 620 g/mol. The van der Waals surface area contributed by atoms with E-state index in [4.69, 9.17) is 9.47 Å². The maximum Gasteiger partial charge on any atom is 0.262 e. The van der Waals surface area contributed by atoms with Crippen molar-refractivity contribution >= 4 is 33.0 Å². The van der Waals surface area contributed by atoms with E-state index in [1.54, 1.807) is 55.5 Å². The third-order valence-electron chi connectivity index (χ3n) is 7.84. The Morgan fingerprint density at radius 1 is 0.778 bits per heavy atom. The number of carbonyl (C=O) groups excluding carboxylic acids is 1. The number of nitrogens with one attached hydrogen (secondary N) is 1. The Kier molecular flexibility index (Phi) is 8.19. The number of aryl methyl sites for hydroxylation is 1. The van der Waals surface area contributed by atoms with E-state index in [2.05, 4.69) is 9.62 Å². The molecule has 1 amide bonds. The second-order valence-electron chi connectivity index (χ2n) is 10.8. The van der Waals surface area contributed by atoms with Crippen molar-refractivity contribution in [1.29, 1.82) is 0 Å². The third-order valence-corrected chi connectivity index (χ3v) is 9.22. The largest absolute Gasteiger partial charge is 0.497 e. The minimum atomic E-state index is -4.00. The zero-order valence-corrected chi connectivity index (χ0v) is 26.0. The second kappa shape index (κ2) is 12.4. The number of carbonyl (C=O) groups is 1. The lowest BCUT2D eigenvalue weighted by molar-refractivity contribution is 0.0967. The molecule has 0 spiro atoms. The van der Waals surface area contributed by atoms with E-state index < -0.39 is 16.2 Å². The molecule has 0 aromatic heterocycles. The van der Waals surface area contributed by atoms with Crippen LogP contribution >= 0.6 is 0 Å². The summed E-state index contributed by atoms with van der Waals surface area (Å²) in [5.74, 6) is 0.925. The van der Waals surface area contributed by atoms with E-state index in [0.717, 1.165) is 16.7 Å². The van der Waals surface area contributed by atoms with Gasteiger partial charge in [-0.15, -0.1) is 0 Å². The molecule has 0 unspecified atom stereocenters. The maximum absolute atomic E-state index is 14.6. The Labute approximate surface area is 263 Å². The summed E-state index contributed by atoms with van der Waals surface area (Å²) in [4.78, 5) is 18.4. The van der Waals surface area contributed by atoms with Crippen molar-refractivity contribution in [3.05, 3.63) is 144 Å². The molecule has 1 heterocycles. The zero-order chi connectivity index (χ0) is 31.6. The molecule has 0 saturated carbocycles. The SMILES string of the molecule is COc1ccc(N2C(=O)c3cc(S(=O)(=O)Nc4ccc(C)cc4)ccc3N(Cc3ccccc3)[C@@H]2c2ccccc2OC)cc1. The highest BCUT2D eigenvalue weighted by Gasteiger charge is 2.41. The number of methoxy groups -OCH3 is 2. The van der Waals surface area contributed by atoms with E-state index in [9.17, 15) is 13.2 Å². The first-order chi connectivity index (χ1) is 21.8. The van der Waals surface area contributed by atoms with Crippen molar-refractivity contribution in [2.45, 2.75) is 24.5 Å². The fourth-order valence-electron chi connectivity index (χ4n) is 5.59. The van der Waals surface area contributed by atoms with Gasteiger partial charge in [0.05, 0.1) is 30.4 Å². The quantitative estimate of drug-likeness (QED) is 0.188. The molecule has 0 saturated heterocycles. The summed E-state index contributed by atoms with van der Waals surface area (Å²) in [6.07, 6.45) is -0.622. The lowest BCUT2D eigenvalue weighted by atomic mass is 9.98. The molecular formula is C36H33N3O5S. The Morgan fingerprint density at radius 2 is 1.47 bits per heavy atom. The number of hydrogen-bond donors (Lipinski definition) is 1. The summed E-state index contributed by atoms with van der Waals surface area (Å²) in [6.45, 7) is 2.37. The van der Waals surface area contributed by atoms with Crippen LogP contribution in [0.25, 0.3) is 0 Å². The first-order valence-corrected chi connectivity index (χ1v) is 15.9. The minimum Gasteiger partial charge on any atom is -0.497 e. The normalized spacial score (nSPS) is 14.6. The summed E-state index contributed by atoms with van der Waals surface area (Å²) in [6, 6.07) is 36.6. The average Bonchev–Trinajstić information content (AvgIpc) is 3.07. The highest BCUT2D eigenvalue weighted by atomic mass is 32.2. The van der Waals surface area contributed by atoms with Crippen LogP contribution in [-0.2, 0) is 16.6 Å². The molecule has 0 bridgehead atoms. The number of nitrogens with zero attached hydrogens (tertiary/aromatic N) is 2. The van der Waals surface area contributed by atoms with Gasteiger partial charge in [0.1, 0.15) is 17.7 Å². The third kappa shape index (κ3) is 5.94. The molecule has 5 aromatic rings.